The number of halogens is 3. The van der Waals surface area contributed by atoms with Crippen LogP contribution in [0.1, 0.15) is 6.42 Å². The quantitative estimate of drug-likeness (QED) is 0.788. The summed E-state index contributed by atoms with van der Waals surface area (Å²) >= 11 is 3.18. The molecule has 1 fully saturated rings. The van der Waals surface area contributed by atoms with Crippen molar-refractivity contribution in [1.29, 1.82) is 0 Å². The largest absolute Gasteiger partial charge is 0.326 e. The Bertz CT molecular complexity index is 394. The summed E-state index contributed by atoms with van der Waals surface area (Å²) in [7, 11) is 0. The Hall–Kier alpha value is -1.04. The molecule has 1 aliphatic rings. The highest BCUT2D eigenvalue weighted by atomic mass is 79.9. The molecule has 1 aromatic rings. The van der Waals surface area contributed by atoms with Crippen LogP contribution in [0.3, 0.4) is 0 Å². The number of carbonyl (C=O) groups is 1. The van der Waals surface area contributed by atoms with Crippen LogP contribution in [0.15, 0.2) is 22.8 Å². The molecule has 0 aromatic carbocycles. The smallest absolute Gasteiger partial charge is 0.291 e. The van der Waals surface area contributed by atoms with Crippen molar-refractivity contribution in [3.05, 3.63) is 22.8 Å². The van der Waals surface area contributed by atoms with Crippen molar-refractivity contribution in [2.75, 3.05) is 11.4 Å². The lowest BCUT2D eigenvalue weighted by Crippen LogP contribution is -2.33. The van der Waals surface area contributed by atoms with Crippen LogP contribution in [-0.2, 0) is 4.79 Å². The number of pyridine rings is 1. The van der Waals surface area contributed by atoms with Crippen molar-refractivity contribution in [2.24, 2.45) is 0 Å². The summed E-state index contributed by atoms with van der Waals surface area (Å²) in [6.07, 6.45) is 1.03. The van der Waals surface area contributed by atoms with E-state index in [9.17, 15) is 13.6 Å². The molecule has 0 bridgehead atoms. The molecule has 80 valence electrons. The zero-order chi connectivity index (χ0) is 11.1. The first-order valence-corrected chi connectivity index (χ1v) is 5.11. The van der Waals surface area contributed by atoms with Gasteiger partial charge in [-0.1, -0.05) is 0 Å². The molecule has 0 aliphatic carbocycles. The Labute approximate surface area is 93.2 Å². The van der Waals surface area contributed by atoms with Gasteiger partial charge in [-0.3, -0.25) is 9.69 Å². The van der Waals surface area contributed by atoms with Crippen LogP contribution < -0.4 is 4.90 Å². The van der Waals surface area contributed by atoms with Gasteiger partial charge in [0.1, 0.15) is 5.82 Å². The molecule has 0 radical (unpaired) electrons. The molecule has 0 saturated carbocycles. The Morgan fingerprint density at radius 2 is 2.20 bits per heavy atom. The fourth-order valence-corrected chi connectivity index (χ4v) is 1.64. The molecule has 2 rings (SSSR count). The molecule has 3 nitrogen and oxygen atoms in total. The van der Waals surface area contributed by atoms with Gasteiger partial charge in [-0.25, -0.2) is 4.98 Å². The van der Waals surface area contributed by atoms with Crippen LogP contribution in [-0.4, -0.2) is 23.4 Å². The molecule has 0 spiro atoms. The maximum Gasteiger partial charge on any atom is 0.326 e. The van der Waals surface area contributed by atoms with E-state index in [-0.39, 0.29) is 12.4 Å². The highest BCUT2D eigenvalue weighted by molar-refractivity contribution is 9.10. The number of aromatic nitrogens is 1. The molecule has 15 heavy (non-hydrogen) atoms. The number of anilines is 1. The van der Waals surface area contributed by atoms with Crippen molar-refractivity contribution in [2.45, 2.75) is 12.3 Å². The number of carbonyl (C=O) groups excluding carboxylic acids is 1. The first-order chi connectivity index (χ1) is 7.00. The van der Waals surface area contributed by atoms with Gasteiger partial charge < -0.3 is 0 Å². The monoisotopic (exact) mass is 276 g/mol. The Balaban J connectivity index is 2.27. The van der Waals surface area contributed by atoms with Crippen molar-refractivity contribution < 1.29 is 13.6 Å². The molecule has 1 aromatic heterocycles. The van der Waals surface area contributed by atoms with E-state index in [1.54, 1.807) is 6.07 Å². The summed E-state index contributed by atoms with van der Waals surface area (Å²) in [5.74, 6) is -4.15. The Morgan fingerprint density at radius 3 is 2.67 bits per heavy atom. The zero-order valence-electron chi connectivity index (χ0n) is 7.58. The number of alkyl halides is 2. The summed E-state index contributed by atoms with van der Waals surface area (Å²) in [6.45, 7) is 0.0144. The molecule has 0 atom stereocenters. The van der Waals surface area contributed by atoms with Gasteiger partial charge in [0, 0.05) is 23.6 Å². The second-order valence-corrected chi connectivity index (χ2v) is 4.16. The molecular formula is C9H7BrF2N2O. The molecule has 6 heteroatoms. The van der Waals surface area contributed by atoms with Crippen LogP contribution >= 0.6 is 15.9 Å². The maximum atomic E-state index is 12.9. The average molecular weight is 277 g/mol. The molecule has 1 saturated heterocycles. The van der Waals surface area contributed by atoms with Crippen LogP contribution in [0.25, 0.3) is 0 Å². The van der Waals surface area contributed by atoms with Crippen LogP contribution in [0.5, 0.6) is 0 Å². The second kappa shape index (κ2) is 3.52. The van der Waals surface area contributed by atoms with E-state index < -0.39 is 18.3 Å². The van der Waals surface area contributed by atoms with Crippen LogP contribution in [0.2, 0.25) is 0 Å². The minimum atomic E-state index is -3.24. The van der Waals surface area contributed by atoms with Gasteiger partial charge in [-0.15, -0.1) is 0 Å². The Kier molecular flexibility index (Phi) is 2.46. The summed E-state index contributed by atoms with van der Waals surface area (Å²) < 4.78 is 26.6. The maximum absolute atomic E-state index is 12.9. The molecule has 2 heterocycles. The minimum Gasteiger partial charge on any atom is -0.291 e. The minimum absolute atomic E-state index is 0.0144. The van der Waals surface area contributed by atoms with Gasteiger partial charge in [0.25, 0.3) is 5.91 Å². The summed E-state index contributed by atoms with van der Waals surface area (Å²) in [5, 5.41) is 0. The molecule has 1 aliphatic heterocycles. The lowest BCUT2D eigenvalue weighted by molar-refractivity contribution is -0.137. The third-order valence-corrected chi connectivity index (χ3v) is 2.66. The van der Waals surface area contributed by atoms with E-state index in [2.05, 4.69) is 20.9 Å². The number of nitrogens with zero attached hydrogens (tertiary/aromatic N) is 2. The van der Waals surface area contributed by atoms with E-state index in [4.69, 9.17) is 0 Å². The van der Waals surface area contributed by atoms with Crippen molar-refractivity contribution in [1.82, 2.24) is 4.98 Å². The average Bonchev–Trinajstić information content (AvgIpc) is 2.45. The standard InChI is InChI=1S/C9H7BrF2N2O/c10-6-1-2-7(13-5-6)14-4-3-9(11,12)8(14)15/h1-2,5H,3-4H2. The fourth-order valence-electron chi connectivity index (χ4n) is 1.40. The predicted octanol–water partition coefficient (Wildman–Crippen LogP) is 2.22. The van der Waals surface area contributed by atoms with Crippen LogP contribution in [0, 0.1) is 0 Å². The number of hydrogen-bond donors (Lipinski definition) is 0. The number of rotatable bonds is 1. The third kappa shape index (κ3) is 1.86. The molecular weight excluding hydrogens is 270 g/mol. The molecule has 0 N–H and O–H groups in total. The summed E-state index contributed by atoms with van der Waals surface area (Å²) in [6, 6.07) is 3.19. The topological polar surface area (TPSA) is 33.2 Å². The predicted molar refractivity (Wildman–Crippen MR) is 53.9 cm³/mol. The second-order valence-electron chi connectivity index (χ2n) is 3.25. The zero-order valence-corrected chi connectivity index (χ0v) is 9.17. The molecule has 1 amide bonds. The van der Waals surface area contributed by atoms with Gasteiger partial charge in [0.15, 0.2) is 0 Å². The van der Waals surface area contributed by atoms with E-state index in [1.165, 1.54) is 12.3 Å². The molecule has 0 unspecified atom stereocenters. The van der Waals surface area contributed by atoms with Crippen LogP contribution in [0.4, 0.5) is 14.6 Å². The highest BCUT2D eigenvalue weighted by Crippen LogP contribution is 2.31. The summed E-state index contributed by atoms with van der Waals surface area (Å²) in [5.41, 5.74) is 0. The fraction of sp³-hybridized carbons (Fsp3) is 0.333. The number of amides is 1. The highest BCUT2D eigenvalue weighted by Gasteiger charge is 2.48. The lowest BCUT2D eigenvalue weighted by atomic mass is 10.3. The van der Waals surface area contributed by atoms with Crippen molar-refractivity contribution in [3.63, 3.8) is 0 Å². The van der Waals surface area contributed by atoms with E-state index in [1.807, 2.05) is 0 Å². The Morgan fingerprint density at radius 1 is 1.47 bits per heavy atom. The van der Waals surface area contributed by atoms with Gasteiger partial charge >= 0.3 is 5.92 Å². The first kappa shape index (κ1) is 10.5. The van der Waals surface area contributed by atoms with Crippen molar-refractivity contribution in [3.8, 4) is 0 Å². The third-order valence-electron chi connectivity index (χ3n) is 2.20. The van der Waals surface area contributed by atoms with E-state index in [0.717, 1.165) is 9.37 Å². The van der Waals surface area contributed by atoms with E-state index in [0.29, 0.717) is 0 Å². The normalized spacial score (nSPS) is 19.7. The lowest BCUT2D eigenvalue weighted by Gasteiger charge is -2.14. The van der Waals surface area contributed by atoms with Gasteiger partial charge in [-0.2, -0.15) is 8.78 Å². The number of hydrogen-bond acceptors (Lipinski definition) is 2. The van der Waals surface area contributed by atoms with Gasteiger partial charge in [-0.05, 0) is 28.1 Å². The van der Waals surface area contributed by atoms with Gasteiger partial charge in [0.05, 0.1) is 0 Å². The van der Waals surface area contributed by atoms with Gasteiger partial charge in [0.2, 0.25) is 0 Å². The SMILES string of the molecule is O=C1N(c2ccc(Br)cn2)CCC1(F)F. The van der Waals surface area contributed by atoms with E-state index >= 15 is 0 Å². The first-order valence-electron chi connectivity index (χ1n) is 4.32. The van der Waals surface area contributed by atoms with Crippen molar-refractivity contribution >= 4 is 27.7 Å². The summed E-state index contributed by atoms with van der Waals surface area (Å²) in [4.78, 5) is 16.1.